The number of hydrogen-bond donors (Lipinski definition) is 0. The molecule has 0 aliphatic rings. The standard InChI is InChI=1S/C18H17N5OS2/c1-3-23-16(13-7-5-4-6-8-13)21-22-18(23)26-11-15(24)14(9-19)17-20-12(2)10-25-17/h4-8,10,14H,3,11H2,1-2H3/t14-/m0/s1. The Labute approximate surface area is 159 Å². The molecule has 1 atom stereocenters. The number of aryl methyl sites for hydroxylation is 1. The van der Waals surface area contributed by atoms with Crippen LogP contribution in [0, 0.1) is 18.3 Å². The summed E-state index contributed by atoms with van der Waals surface area (Å²) < 4.78 is 1.97. The highest BCUT2D eigenvalue weighted by molar-refractivity contribution is 7.99. The molecule has 0 saturated heterocycles. The maximum Gasteiger partial charge on any atom is 0.191 e. The fraction of sp³-hybridized carbons (Fsp3) is 0.278. The number of thiazole rings is 1. The second-order valence-electron chi connectivity index (χ2n) is 5.56. The van der Waals surface area contributed by atoms with E-state index in [1.54, 1.807) is 0 Å². The van der Waals surface area contributed by atoms with Crippen LogP contribution in [0.3, 0.4) is 0 Å². The third-order valence-corrected chi connectivity index (χ3v) is 5.76. The van der Waals surface area contributed by atoms with Gasteiger partial charge in [0.1, 0.15) is 5.01 Å². The summed E-state index contributed by atoms with van der Waals surface area (Å²) in [4.78, 5) is 16.8. The number of ketones is 1. The summed E-state index contributed by atoms with van der Waals surface area (Å²) in [7, 11) is 0. The van der Waals surface area contributed by atoms with Gasteiger partial charge >= 0.3 is 0 Å². The molecule has 0 aliphatic heterocycles. The topological polar surface area (TPSA) is 84.5 Å². The molecule has 132 valence electrons. The summed E-state index contributed by atoms with van der Waals surface area (Å²) in [6.45, 7) is 4.56. The molecule has 0 bridgehead atoms. The zero-order chi connectivity index (χ0) is 18.5. The summed E-state index contributed by atoms with van der Waals surface area (Å²) >= 11 is 2.65. The molecule has 0 amide bonds. The zero-order valence-electron chi connectivity index (χ0n) is 14.4. The number of carbonyl (C=O) groups excluding carboxylic acids is 1. The van der Waals surface area contributed by atoms with Crippen LogP contribution >= 0.6 is 23.1 Å². The monoisotopic (exact) mass is 383 g/mol. The number of carbonyl (C=O) groups is 1. The van der Waals surface area contributed by atoms with Crippen molar-refractivity contribution in [1.82, 2.24) is 19.7 Å². The van der Waals surface area contributed by atoms with E-state index >= 15 is 0 Å². The van der Waals surface area contributed by atoms with Crippen LogP contribution in [0.5, 0.6) is 0 Å². The lowest BCUT2D eigenvalue weighted by Gasteiger charge is -2.08. The van der Waals surface area contributed by atoms with Gasteiger partial charge in [-0.1, -0.05) is 42.1 Å². The van der Waals surface area contributed by atoms with Gasteiger partial charge in [0.05, 0.1) is 11.8 Å². The van der Waals surface area contributed by atoms with E-state index < -0.39 is 5.92 Å². The summed E-state index contributed by atoms with van der Waals surface area (Å²) in [5.74, 6) is -0.0639. The molecule has 0 aliphatic carbocycles. The van der Waals surface area contributed by atoms with Crippen molar-refractivity contribution < 1.29 is 4.79 Å². The summed E-state index contributed by atoms with van der Waals surface area (Å²) in [5, 5.41) is 20.9. The van der Waals surface area contributed by atoms with Crippen molar-refractivity contribution in [2.24, 2.45) is 0 Å². The van der Waals surface area contributed by atoms with Gasteiger partial charge in [0.25, 0.3) is 0 Å². The van der Waals surface area contributed by atoms with E-state index in [0.29, 0.717) is 16.7 Å². The van der Waals surface area contributed by atoms with Gasteiger partial charge in [0.2, 0.25) is 0 Å². The molecule has 3 rings (SSSR count). The maximum atomic E-state index is 12.5. The van der Waals surface area contributed by atoms with Crippen molar-refractivity contribution in [2.75, 3.05) is 5.75 Å². The van der Waals surface area contributed by atoms with Crippen molar-refractivity contribution in [3.8, 4) is 17.5 Å². The fourth-order valence-electron chi connectivity index (χ4n) is 2.47. The van der Waals surface area contributed by atoms with Crippen LogP contribution < -0.4 is 0 Å². The van der Waals surface area contributed by atoms with Crippen molar-refractivity contribution in [2.45, 2.75) is 31.5 Å². The van der Waals surface area contributed by atoms with Gasteiger partial charge in [-0.3, -0.25) is 4.79 Å². The number of benzene rings is 1. The molecule has 0 N–H and O–H groups in total. The lowest BCUT2D eigenvalue weighted by molar-refractivity contribution is -0.116. The quantitative estimate of drug-likeness (QED) is 0.578. The fourth-order valence-corrected chi connectivity index (χ4v) is 4.24. The van der Waals surface area contributed by atoms with Gasteiger partial charge in [0, 0.05) is 23.2 Å². The number of thioether (sulfide) groups is 1. The molecule has 0 saturated carbocycles. The SMILES string of the molecule is CCn1c(SCC(=O)[C@H](C#N)c2nc(C)cs2)nnc1-c1ccccc1. The molecule has 8 heteroatoms. The summed E-state index contributed by atoms with van der Waals surface area (Å²) in [6, 6.07) is 11.9. The molecule has 0 unspecified atom stereocenters. The minimum Gasteiger partial charge on any atom is -0.302 e. The third kappa shape index (κ3) is 3.84. The van der Waals surface area contributed by atoms with Crippen molar-refractivity contribution >= 4 is 28.9 Å². The highest BCUT2D eigenvalue weighted by Gasteiger charge is 2.24. The maximum absolute atomic E-state index is 12.5. The number of nitrogens with zero attached hydrogens (tertiary/aromatic N) is 5. The normalized spacial score (nSPS) is 11.9. The molecule has 0 fully saturated rings. The van der Waals surface area contributed by atoms with Crippen molar-refractivity contribution in [1.29, 1.82) is 5.26 Å². The first-order valence-corrected chi connectivity index (χ1v) is 9.96. The molecule has 1 aromatic carbocycles. The smallest absolute Gasteiger partial charge is 0.191 e. The molecular weight excluding hydrogens is 366 g/mol. The second kappa shape index (κ2) is 8.25. The Kier molecular flexibility index (Phi) is 5.81. The average molecular weight is 384 g/mol. The molecule has 2 heterocycles. The summed E-state index contributed by atoms with van der Waals surface area (Å²) in [6.07, 6.45) is 0. The van der Waals surface area contributed by atoms with Gasteiger partial charge in [0.15, 0.2) is 22.7 Å². The predicted octanol–water partition coefficient (Wildman–Crippen LogP) is 3.70. The Bertz CT molecular complexity index is 942. The number of Topliss-reactive ketones (excluding diaryl/α,β-unsaturated/α-hetero) is 1. The van der Waals surface area contributed by atoms with E-state index in [-0.39, 0.29) is 11.5 Å². The average Bonchev–Trinajstić information content (AvgIpc) is 3.27. The second-order valence-corrected chi connectivity index (χ2v) is 7.39. The molecule has 0 spiro atoms. The highest BCUT2D eigenvalue weighted by atomic mass is 32.2. The van der Waals surface area contributed by atoms with Crippen LogP contribution in [-0.2, 0) is 11.3 Å². The minimum atomic E-state index is -0.826. The van der Waals surface area contributed by atoms with Crippen LogP contribution in [-0.4, -0.2) is 31.3 Å². The number of rotatable bonds is 7. The van der Waals surface area contributed by atoms with E-state index in [9.17, 15) is 10.1 Å². The predicted molar refractivity (Wildman–Crippen MR) is 102 cm³/mol. The van der Waals surface area contributed by atoms with E-state index in [4.69, 9.17) is 0 Å². The van der Waals surface area contributed by atoms with E-state index in [1.807, 2.05) is 54.1 Å². The lowest BCUT2D eigenvalue weighted by Crippen LogP contribution is -2.13. The van der Waals surface area contributed by atoms with Gasteiger partial charge in [-0.2, -0.15) is 5.26 Å². The number of aromatic nitrogens is 4. The van der Waals surface area contributed by atoms with Crippen LogP contribution in [0.1, 0.15) is 23.5 Å². The van der Waals surface area contributed by atoms with E-state index in [2.05, 4.69) is 21.3 Å². The Balaban J connectivity index is 1.74. The first-order chi connectivity index (χ1) is 12.6. The number of nitriles is 1. The number of hydrogen-bond acceptors (Lipinski definition) is 7. The molecule has 3 aromatic rings. The van der Waals surface area contributed by atoms with Gasteiger partial charge < -0.3 is 4.57 Å². The van der Waals surface area contributed by atoms with Crippen molar-refractivity contribution in [3.05, 3.63) is 46.4 Å². The van der Waals surface area contributed by atoms with Crippen LogP contribution in [0.2, 0.25) is 0 Å². The Morgan fingerprint density at radius 2 is 2.12 bits per heavy atom. The van der Waals surface area contributed by atoms with Crippen LogP contribution in [0.25, 0.3) is 11.4 Å². The summed E-state index contributed by atoms with van der Waals surface area (Å²) in [5.41, 5.74) is 1.80. The van der Waals surface area contributed by atoms with E-state index in [1.165, 1.54) is 23.1 Å². The molecule has 2 aromatic heterocycles. The van der Waals surface area contributed by atoms with E-state index in [0.717, 1.165) is 17.1 Å². The lowest BCUT2D eigenvalue weighted by atomic mass is 10.1. The Hall–Kier alpha value is -2.50. The first kappa shape index (κ1) is 18.3. The van der Waals surface area contributed by atoms with Crippen LogP contribution in [0.4, 0.5) is 0 Å². The molecule has 0 radical (unpaired) electrons. The van der Waals surface area contributed by atoms with Crippen LogP contribution in [0.15, 0.2) is 40.9 Å². The Morgan fingerprint density at radius 3 is 2.73 bits per heavy atom. The van der Waals surface area contributed by atoms with Gasteiger partial charge in [-0.15, -0.1) is 21.5 Å². The molecular formula is C18H17N5OS2. The van der Waals surface area contributed by atoms with Crippen molar-refractivity contribution in [3.63, 3.8) is 0 Å². The largest absolute Gasteiger partial charge is 0.302 e. The minimum absolute atomic E-state index is 0.157. The highest BCUT2D eigenvalue weighted by Crippen LogP contribution is 2.27. The third-order valence-electron chi connectivity index (χ3n) is 3.74. The van der Waals surface area contributed by atoms with Gasteiger partial charge in [-0.05, 0) is 13.8 Å². The molecule has 26 heavy (non-hydrogen) atoms. The van der Waals surface area contributed by atoms with Gasteiger partial charge in [-0.25, -0.2) is 4.98 Å². The first-order valence-electron chi connectivity index (χ1n) is 8.09. The zero-order valence-corrected chi connectivity index (χ0v) is 16.0. The Morgan fingerprint density at radius 1 is 1.35 bits per heavy atom. The molecule has 6 nitrogen and oxygen atoms in total.